The van der Waals surface area contributed by atoms with Crippen LogP contribution in [-0.2, 0) is 9.53 Å². The molecular weight excluding hydrogens is 183 g/mol. The van der Waals surface area contributed by atoms with Gasteiger partial charge in [-0.05, 0) is 0 Å². The fourth-order valence-corrected chi connectivity index (χ4v) is 0.733. The van der Waals surface area contributed by atoms with Crippen LogP contribution in [0.15, 0.2) is 10.5 Å². The summed E-state index contributed by atoms with van der Waals surface area (Å²) in [7, 11) is 1.38. The number of hydrogen-bond acceptors (Lipinski definition) is 2. The number of rotatable bonds is 2. The van der Waals surface area contributed by atoms with E-state index in [1.807, 2.05) is 6.92 Å². The Hall–Kier alpha value is -0.271. The number of hydrogen-bond donors (Lipinski definition) is 0. The van der Waals surface area contributed by atoms with E-state index in [1.54, 1.807) is 0 Å². The second kappa shape index (κ2) is 4.59. The molecule has 0 bridgehead atoms. The van der Waals surface area contributed by atoms with Crippen molar-refractivity contribution in [1.82, 2.24) is 0 Å². The van der Waals surface area contributed by atoms with E-state index in [0.717, 1.165) is 4.47 Å². The van der Waals surface area contributed by atoms with Crippen molar-refractivity contribution in [2.24, 2.45) is 0 Å². The second-order valence-electron chi connectivity index (χ2n) is 1.48. The van der Waals surface area contributed by atoms with E-state index in [9.17, 15) is 4.79 Å². The molecule has 0 saturated heterocycles. The summed E-state index contributed by atoms with van der Waals surface area (Å²) in [5.74, 6) is 1.80. The number of ether oxygens (including phenoxy) is 1. The van der Waals surface area contributed by atoms with Gasteiger partial charge in [0.25, 0.3) is 0 Å². The standard InChI is InChI=1S/C6H10O2Se/c1-5(9-3)4-6(7)8-2/h4H,1-3H3/b5-4+. The van der Waals surface area contributed by atoms with E-state index >= 15 is 0 Å². The SMILES string of the molecule is COC(=O)/C=C(\C)[Se]C. The Morgan fingerprint density at radius 3 is 2.56 bits per heavy atom. The fraction of sp³-hybridized carbons (Fsp3) is 0.500. The molecule has 0 aromatic heterocycles. The van der Waals surface area contributed by atoms with Crippen LogP contribution >= 0.6 is 0 Å². The summed E-state index contributed by atoms with van der Waals surface area (Å²) in [4.78, 5) is 10.5. The Morgan fingerprint density at radius 1 is 1.67 bits per heavy atom. The van der Waals surface area contributed by atoms with Gasteiger partial charge in [-0.25, -0.2) is 0 Å². The molecule has 0 amide bonds. The molecule has 0 atom stereocenters. The molecule has 0 aromatic rings. The molecule has 0 aromatic carbocycles. The Balaban J connectivity index is 3.79. The average molecular weight is 193 g/mol. The maximum atomic E-state index is 10.5. The van der Waals surface area contributed by atoms with Crippen LogP contribution in [0.25, 0.3) is 0 Å². The maximum absolute atomic E-state index is 10.5. The van der Waals surface area contributed by atoms with Gasteiger partial charge in [0, 0.05) is 0 Å². The van der Waals surface area contributed by atoms with E-state index in [1.165, 1.54) is 13.2 Å². The molecule has 0 aliphatic heterocycles. The van der Waals surface area contributed by atoms with Crippen LogP contribution in [0.2, 0.25) is 5.82 Å². The monoisotopic (exact) mass is 194 g/mol. The molecular formula is C6H10O2Se. The van der Waals surface area contributed by atoms with Gasteiger partial charge in [-0.1, -0.05) is 0 Å². The van der Waals surface area contributed by atoms with E-state index < -0.39 is 0 Å². The van der Waals surface area contributed by atoms with E-state index in [0.29, 0.717) is 15.0 Å². The summed E-state index contributed by atoms with van der Waals surface area (Å²) in [6.45, 7) is 1.93. The fourth-order valence-electron chi connectivity index (χ4n) is 0.284. The number of esters is 1. The zero-order chi connectivity index (χ0) is 7.28. The van der Waals surface area contributed by atoms with Crippen LogP contribution in [0, 0.1) is 0 Å². The molecule has 2 nitrogen and oxygen atoms in total. The zero-order valence-corrected chi connectivity index (χ0v) is 7.52. The molecule has 0 spiro atoms. The third-order valence-electron chi connectivity index (χ3n) is 0.844. The van der Waals surface area contributed by atoms with Gasteiger partial charge in [-0.15, -0.1) is 0 Å². The first-order chi connectivity index (χ1) is 4.20. The van der Waals surface area contributed by atoms with Crippen molar-refractivity contribution >= 4 is 20.9 Å². The average Bonchev–Trinajstić information content (AvgIpc) is 1.87. The van der Waals surface area contributed by atoms with Crippen LogP contribution in [-0.4, -0.2) is 28.0 Å². The van der Waals surface area contributed by atoms with Gasteiger partial charge in [-0.3, -0.25) is 0 Å². The normalized spacial score (nSPS) is 11.2. The number of carbonyl (C=O) groups excluding carboxylic acids is 1. The molecule has 9 heavy (non-hydrogen) atoms. The van der Waals surface area contributed by atoms with Gasteiger partial charge in [-0.2, -0.15) is 0 Å². The molecule has 3 heteroatoms. The Labute approximate surface area is 61.4 Å². The first kappa shape index (κ1) is 8.73. The minimum atomic E-state index is -0.253. The summed E-state index contributed by atoms with van der Waals surface area (Å²) in [6, 6.07) is 0. The van der Waals surface area contributed by atoms with Crippen molar-refractivity contribution < 1.29 is 9.53 Å². The van der Waals surface area contributed by atoms with Crippen molar-refractivity contribution in [3.63, 3.8) is 0 Å². The summed E-state index contributed by atoms with van der Waals surface area (Å²) in [5.41, 5.74) is 0. The number of carbonyl (C=O) groups is 1. The summed E-state index contributed by atoms with van der Waals surface area (Å²) < 4.78 is 5.52. The van der Waals surface area contributed by atoms with Gasteiger partial charge in [0.15, 0.2) is 0 Å². The molecule has 0 radical (unpaired) electrons. The quantitative estimate of drug-likeness (QED) is 0.368. The van der Waals surface area contributed by atoms with Gasteiger partial charge in [0.05, 0.1) is 0 Å². The molecule has 0 unspecified atom stereocenters. The van der Waals surface area contributed by atoms with Crippen molar-refractivity contribution in [2.75, 3.05) is 7.11 Å². The van der Waals surface area contributed by atoms with Gasteiger partial charge < -0.3 is 0 Å². The molecule has 0 aliphatic carbocycles. The summed E-state index contributed by atoms with van der Waals surface area (Å²) in [5, 5.41) is 0. The molecule has 0 fully saturated rings. The van der Waals surface area contributed by atoms with Crippen LogP contribution in [0.1, 0.15) is 6.92 Å². The van der Waals surface area contributed by atoms with Crippen LogP contribution in [0.5, 0.6) is 0 Å². The van der Waals surface area contributed by atoms with Gasteiger partial charge in [0.1, 0.15) is 0 Å². The Kier molecular flexibility index (Phi) is 4.46. The summed E-state index contributed by atoms with van der Waals surface area (Å²) >= 11 is 0.425. The second-order valence-corrected chi connectivity index (χ2v) is 3.69. The topological polar surface area (TPSA) is 26.3 Å². The van der Waals surface area contributed by atoms with Gasteiger partial charge in [0.2, 0.25) is 0 Å². The van der Waals surface area contributed by atoms with Crippen molar-refractivity contribution in [3.05, 3.63) is 10.5 Å². The van der Waals surface area contributed by atoms with Gasteiger partial charge >= 0.3 is 60.9 Å². The minimum absolute atomic E-state index is 0.253. The molecule has 0 heterocycles. The predicted octanol–water partition coefficient (Wildman–Crippen LogP) is 0.815. The zero-order valence-electron chi connectivity index (χ0n) is 5.80. The molecule has 0 aliphatic rings. The molecule has 0 rings (SSSR count). The number of methoxy groups -OCH3 is 1. The molecule has 52 valence electrons. The third-order valence-corrected chi connectivity index (χ3v) is 2.44. The van der Waals surface area contributed by atoms with Crippen LogP contribution in [0.3, 0.4) is 0 Å². The predicted molar refractivity (Wildman–Crippen MR) is 37.4 cm³/mol. The van der Waals surface area contributed by atoms with Crippen molar-refractivity contribution in [2.45, 2.75) is 12.7 Å². The third kappa shape index (κ3) is 4.25. The van der Waals surface area contributed by atoms with E-state index in [2.05, 4.69) is 10.6 Å². The van der Waals surface area contributed by atoms with E-state index in [4.69, 9.17) is 0 Å². The number of allylic oxidation sites excluding steroid dienone is 1. The van der Waals surface area contributed by atoms with Crippen molar-refractivity contribution in [3.8, 4) is 0 Å². The van der Waals surface area contributed by atoms with Crippen LogP contribution in [0.4, 0.5) is 0 Å². The Morgan fingerprint density at radius 2 is 2.22 bits per heavy atom. The summed E-state index contributed by atoms with van der Waals surface area (Å²) in [6.07, 6.45) is 1.53. The first-order valence-electron chi connectivity index (χ1n) is 2.51. The van der Waals surface area contributed by atoms with Crippen molar-refractivity contribution in [1.29, 1.82) is 0 Å². The van der Waals surface area contributed by atoms with Crippen LogP contribution < -0.4 is 0 Å². The molecule has 0 N–H and O–H groups in total. The first-order valence-corrected chi connectivity index (χ1v) is 5.08. The van der Waals surface area contributed by atoms with E-state index in [-0.39, 0.29) is 5.97 Å². The molecule has 0 saturated carbocycles. The Bertz CT molecular complexity index is 129.